The zero-order chi connectivity index (χ0) is 13.2. The van der Waals surface area contributed by atoms with Crippen LogP contribution in [0.4, 0.5) is 0 Å². The van der Waals surface area contributed by atoms with Gasteiger partial charge in [-0.15, -0.1) is 0 Å². The van der Waals surface area contributed by atoms with E-state index in [1.54, 1.807) is 7.05 Å². The number of aryl methyl sites for hydroxylation is 1. The quantitative estimate of drug-likeness (QED) is 0.767. The molecule has 1 rings (SSSR count). The molecule has 0 fully saturated rings. The van der Waals surface area contributed by atoms with E-state index in [0.717, 1.165) is 12.2 Å². The van der Waals surface area contributed by atoms with E-state index in [2.05, 4.69) is 30.4 Å². The van der Waals surface area contributed by atoms with Gasteiger partial charge in [0.1, 0.15) is 5.75 Å². The van der Waals surface area contributed by atoms with E-state index in [4.69, 9.17) is 10.00 Å². The standard InChI is InChI=1S/C15H22N2O/c1-3-4-5-13-6-8-15(9-7-13)18-11-10-14(12-16)17-2/h6-9,14,17H,3-5,10-11H2,1-2H3. The number of nitrogens with zero attached hydrogens (tertiary/aromatic N) is 1. The lowest BCUT2D eigenvalue weighted by atomic mass is 10.1. The van der Waals surface area contributed by atoms with Crippen LogP contribution in [0.15, 0.2) is 24.3 Å². The topological polar surface area (TPSA) is 45.0 Å². The molecule has 0 radical (unpaired) electrons. The maximum absolute atomic E-state index is 8.77. The summed E-state index contributed by atoms with van der Waals surface area (Å²) in [6.07, 6.45) is 4.28. The smallest absolute Gasteiger partial charge is 0.119 e. The number of hydrogen-bond donors (Lipinski definition) is 1. The first kappa shape index (κ1) is 14.5. The van der Waals surface area contributed by atoms with Crippen LogP contribution in [0.2, 0.25) is 0 Å². The molecule has 0 aliphatic heterocycles. The molecular weight excluding hydrogens is 224 g/mol. The van der Waals surface area contributed by atoms with Crippen LogP contribution >= 0.6 is 0 Å². The van der Waals surface area contributed by atoms with Gasteiger partial charge in [-0.05, 0) is 37.6 Å². The molecule has 0 aliphatic rings. The van der Waals surface area contributed by atoms with Crippen molar-refractivity contribution in [3.63, 3.8) is 0 Å². The van der Waals surface area contributed by atoms with E-state index >= 15 is 0 Å². The summed E-state index contributed by atoms with van der Waals surface area (Å²) in [5.74, 6) is 0.878. The van der Waals surface area contributed by atoms with Gasteiger partial charge in [0.2, 0.25) is 0 Å². The monoisotopic (exact) mass is 246 g/mol. The molecule has 1 N–H and O–H groups in total. The molecule has 1 atom stereocenters. The van der Waals surface area contributed by atoms with E-state index in [1.807, 2.05) is 12.1 Å². The fourth-order valence-electron chi connectivity index (χ4n) is 1.70. The molecule has 0 saturated heterocycles. The van der Waals surface area contributed by atoms with Gasteiger partial charge in [0.15, 0.2) is 0 Å². The Morgan fingerprint density at radius 1 is 1.33 bits per heavy atom. The highest BCUT2D eigenvalue weighted by atomic mass is 16.5. The summed E-state index contributed by atoms with van der Waals surface area (Å²) >= 11 is 0. The highest BCUT2D eigenvalue weighted by Crippen LogP contribution is 2.14. The van der Waals surface area contributed by atoms with Crippen LogP contribution in [-0.2, 0) is 6.42 Å². The van der Waals surface area contributed by atoms with Crippen molar-refractivity contribution < 1.29 is 4.74 Å². The Balaban J connectivity index is 2.33. The molecule has 0 saturated carbocycles. The van der Waals surface area contributed by atoms with E-state index in [1.165, 1.54) is 18.4 Å². The average molecular weight is 246 g/mol. The van der Waals surface area contributed by atoms with Crippen LogP contribution in [-0.4, -0.2) is 19.7 Å². The summed E-state index contributed by atoms with van der Waals surface area (Å²) in [4.78, 5) is 0. The zero-order valence-corrected chi connectivity index (χ0v) is 11.3. The first-order valence-corrected chi connectivity index (χ1v) is 6.58. The lowest BCUT2D eigenvalue weighted by Crippen LogP contribution is -2.25. The molecule has 0 aliphatic carbocycles. The zero-order valence-electron chi connectivity index (χ0n) is 11.3. The molecular formula is C15H22N2O. The van der Waals surface area contributed by atoms with Crippen LogP contribution in [0.1, 0.15) is 31.7 Å². The molecule has 3 nitrogen and oxygen atoms in total. The normalized spacial score (nSPS) is 11.8. The maximum atomic E-state index is 8.77. The lowest BCUT2D eigenvalue weighted by Gasteiger charge is -2.09. The Kier molecular flexibility index (Phi) is 6.90. The minimum absolute atomic E-state index is 0.131. The van der Waals surface area contributed by atoms with E-state index in [-0.39, 0.29) is 6.04 Å². The summed E-state index contributed by atoms with van der Waals surface area (Å²) in [5.41, 5.74) is 1.36. The largest absolute Gasteiger partial charge is 0.493 e. The molecule has 0 spiro atoms. The van der Waals surface area contributed by atoms with Gasteiger partial charge < -0.3 is 10.1 Å². The van der Waals surface area contributed by atoms with Crippen LogP contribution in [0, 0.1) is 11.3 Å². The summed E-state index contributed by atoms with van der Waals surface area (Å²) < 4.78 is 5.61. The molecule has 1 aromatic rings. The van der Waals surface area contributed by atoms with Gasteiger partial charge >= 0.3 is 0 Å². The minimum atomic E-state index is -0.131. The number of hydrogen-bond acceptors (Lipinski definition) is 3. The first-order valence-electron chi connectivity index (χ1n) is 6.58. The van der Waals surface area contributed by atoms with Crippen molar-refractivity contribution in [3.8, 4) is 11.8 Å². The van der Waals surface area contributed by atoms with Crippen molar-refractivity contribution in [1.29, 1.82) is 5.26 Å². The van der Waals surface area contributed by atoms with Crippen molar-refractivity contribution in [2.45, 2.75) is 38.6 Å². The van der Waals surface area contributed by atoms with Gasteiger partial charge in [0.05, 0.1) is 18.7 Å². The van der Waals surface area contributed by atoms with Crippen LogP contribution in [0.5, 0.6) is 5.75 Å². The lowest BCUT2D eigenvalue weighted by molar-refractivity contribution is 0.300. The summed E-state index contributed by atoms with van der Waals surface area (Å²) in [7, 11) is 1.79. The fraction of sp³-hybridized carbons (Fsp3) is 0.533. The number of benzene rings is 1. The number of unbranched alkanes of at least 4 members (excludes halogenated alkanes) is 1. The number of rotatable bonds is 8. The van der Waals surface area contributed by atoms with Gasteiger partial charge in [-0.2, -0.15) is 5.26 Å². The van der Waals surface area contributed by atoms with Crippen molar-refractivity contribution in [1.82, 2.24) is 5.32 Å². The van der Waals surface area contributed by atoms with E-state index < -0.39 is 0 Å². The second kappa shape index (κ2) is 8.54. The van der Waals surface area contributed by atoms with Gasteiger partial charge in [0.25, 0.3) is 0 Å². The third kappa shape index (κ3) is 5.20. The average Bonchev–Trinajstić information content (AvgIpc) is 2.42. The van der Waals surface area contributed by atoms with Gasteiger partial charge in [-0.25, -0.2) is 0 Å². The van der Waals surface area contributed by atoms with Crippen LogP contribution < -0.4 is 10.1 Å². The molecule has 1 aromatic carbocycles. The molecule has 0 amide bonds. The van der Waals surface area contributed by atoms with Crippen molar-refractivity contribution in [3.05, 3.63) is 29.8 Å². The molecule has 98 valence electrons. The second-order valence-electron chi connectivity index (χ2n) is 4.36. The highest BCUT2D eigenvalue weighted by Gasteiger charge is 2.03. The SMILES string of the molecule is CCCCc1ccc(OCCC(C#N)NC)cc1. The van der Waals surface area contributed by atoms with Gasteiger partial charge in [-0.1, -0.05) is 25.5 Å². The van der Waals surface area contributed by atoms with Crippen molar-refractivity contribution in [2.24, 2.45) is 0 Å². The third-order valence-corrected chi connectivity index (χ3v) is 2.92. The molecule has 1 unspecified atom stereocenters. The fourth-order valence-corrected chi connectivity index (χ4v) is 1.70. The summed E-state index contributed by atoms with van der Waals surface area (Å²) in [6, 6.07) is 10.3. The molecule has 0 aromatic heterocycles. The second-order valence-corrected chi connectivity index (χ2v) is 4.36. The molecule has 18 heavy (non-hydrogen) atoms. The van der Waals surface area contributed by atoms with E-state index in [0.29, 0.717) is 13.0 Å². The summed E-state index contributed by atoms with van der Waals surface area (Å²) in [5, 5.41) is 11.7. The number of nitrogens with one attached hydrogen (secondary N) is 1. The van der Waals surface area contributed by atoms with Crippen molar-refractivity contribution in [2.75, 3.05) is 13.7 Å². The van der Waals surface area contributed by atoms with Gasteiger partial charge in [-0.3, -0.25) is 0 Å². The summed E-state index contributed by atoms with van der Waals surface area (Å²) in [6.45, 7) is 2.76. The van der Waals surface area contributed by atoms with Crippen LogP contribution in [0.3, 0.4) is 0 Å². The predicted octanol–water partition coefficient (Wildman–Crippen LogP) is 2.91. The molecule has 0 bridgehead atoms. The number of ether oxygens (including phenoxy) is 1. The number of nitriles is 1. The molecule has 0 heterocycles. The van der Waals surface area contributed by atoms with Gasteiger partial charge in [0, 0.05) is 6.42 Å². The van der Waals surface area contributed by atoms with E-state index in [9.17, 15) is 0 Å². The highest BCUT2D eigenvalue weighted by molar-refractivity contribution is 5.27. The third-order valence-electron chi connectivity index (χ3n) is 2.92. The maximum Gasteiger partial charge on any atom is 0.119 e. The minimum Gasteiger partial charge on any atom is -0.493 e. The Labute approximate surface area is 110 Å². The van der Waals surface area contributed by atoms with Crippen molar-refractivity contribution >= 4 is 0 Å². The van der Waals surface area contributed by atoms with Crippen LogP contribution in [0.25, 0.3) is 0 Å². The Morgan fingerprint density at radius 3 is 2.61 bits per heavy atom. The predicted molar refractivity (Wildman–Crippen MR) is 73.6 cm³/mol. The Hall–Kier alpha value is -1.53. The first-order chi connectivity index (χ1) is 8.80. The molecule has 3 heteroatoms. The Bertz CT molecular complexity index is 367. The Morgan fingerprint density at radius 2 is 2.06 bits per heavy atom.